The van der Waals surface area contributed by atoms with Gasteiger partial charge in [0, 0.05) is 23.5 Å². The number of benzene rings is 2. The summed E-state index contributed by atoms with van der Waals surface area (Å²) in [4.78, 5) is 7.25. The summed E-state index contributed by atoms with van der Waals surface area (Å²) in [5.41, 5.74) is 3.34. The van der Waals surface area contributed by atoms with E-state index < -0.39 is 0 Å². The summed E-state index contributed by atoms with van der Waals surface area (Å²) in [6, 6.07) is 15.3. The lowest BCUT2D eigenvalue weighted by Crippen LogP contribution is -2.22. The Morgan fingerprint density at radius 3 is 2.88 bits per heavy atom. The number of methoxy groups -OCH3 is 1. The van der Waals surface area contributed by atoms with Crippen molar-refractivity contribution in [1.82, 2.24) is 9.88 Å². The van der Waals surface area contributed by atoms with Gasteiger partial charge in [-0.05, 0) is 61.3 Å². The summed E-state index contributed by atoms with van der Waals surface area (Å²) in [5, 5.41) is 3.05. The minimum atomic E-state index is -0.219. The molecular formula is C21H21FN2OS. The van der Waals surface area contributed by atoms with Crippen molar-refractivity contribution in [3.63, 3.8) is 0 Å². The Kier molecular flexibility index (Phi) is 5.00. The van der Waals surface area contributed by atoms with E-state index in [1.807, 2.05) is 6.07 Å². The van der Waals surface area contributed by atoms with Gasteiger partial charge in [0.05, 0.1) is 12.8 Å². The second kappa shape index (κ2) is 7.56. The van der Waals surface area contributed by atoms with Gasteiger partial charge in [0.15, 0.2) is 0 Å². The Balaban J connectivity index is 1.50. The Hall–Kier alpha value is -2.24. The molecule has 0 N–H and O–H groups in total. The van der Waals surface area contributed by atoms with Gasteiger partial charge < -0.3 is 4.74 Å². The lowest BCUT2D eigenvalue weighted by atomic mass is 10.0. The van der Waals surface area contributed by atoms with Crippen molar-refractivity contribution in [2.24, 2.45) is 0 Å². The molecular weight excluding hydrogens is 347 g/mol. The molecule has 1 aliphatic heterocycles. The number of likely N-dealkylation sites (tertiary alicyclic amines) is 1. The van der Waals surface area contributed by atoms with Crippen LogP contribution >= 0.6 is 11.3 Å². The number of thiazole rings is 1. The second-order valence-corrected chi connectivity index (χ2v) is 7.41. The van der Waals surface area contributed by atoms with Crippen LogP contribution in [0.1, 0.15) is 30.1 Å². The first-order valence-corrected chi connectivity index (χ1v) is 9.69. The highest BCUT2D eigenvalue weighted by atomic mass is 32.1. The van der Waals surface area contributed by atoms with Crippen LogP contribution in [0.4, 0.5) is 4.39 Å². The summed E-state index contributed by atoms with van der Waals surface area (Å²) >= 11 is 1.61. The van der Waals surface area contributed by atoms with E-state index in [0.717, 1.165) is 41.5 Å². The van der Waals surface area contributed by atoms with Gasteiger partial charge in [-0.1, -0.05) is 12.1 Å². The minimum Gasteiger partial charge on any atom is -0.497 e. The molecule has 4 rings (SSSR count). The average Bonchev–Trinajstić information content (AvgIpc) is 3.32. The summed E-state index contributed by atoms with van der Waals surface area (Å²) in [7, 11) is 1.71. The predicted octanol–water partition coefficient (Wildman–Crippen LogP) is 5.29. The number of nitrogens with zero attached hydrogens (tertiary/aromatic N) is 2. The first kappa shape index (κ1) is 17.2. The van der Waals surface area contributed by atoms with Gasteiger partial charge in [0.1, 0.15) is 16.6 Å². The molecule has 134 valence electrons. The molecule has 2 aromatic carbocycles. The van der Waals surface area contributed by atoms with Crippen molar-refractivity contribution < 1.29 is 9.13 Å². The SMILES string of the molecule is COc1cccc(C2CCCN2Cc2csc(-c3ccc(F)cc3)n2)c1. The lowest BCUT2D eigenvalue weighted by molar-refractivity contribution is 0.245. The second-order valence-electron chi connectivity index (χ2n) is 6.56. The molecule has 5 heteroatoms. The number of hydrogen-bond donors (Lipinski definition) is 0. The van der Waals surface area contributed by atoms with E-state index in [0.29, 0.717) is 6.04 Å². The van der Waals surface area contributed by atoms with Crippen molar-refractivity contribution in [2.45, 2.75) is 25.4 Å². The quantitative estimate of drug-likeness (QED) is 0.611. The van der Waals surface area contributed by atoms with E-state index in [2.05, 4.69) is 28.5 Å². The van der Waals surface area contributed by atoms with Crippen molar-refractivity contribution in [3.05, 3.63) is 71.0 Å². The van der Waals surface area contributed by atoms with Crippen LogP contribution in [0, 0.1) is 5.82 Å². The van der Waals surface area contributed by atoms with Crippen LogP contribution in [0.15, 0.2) is 53.9 Å². The Bertz CT molecular complexity index is 878. The zero-order valence-electron chi connectivity index (χ0n) is 14.7. The molecule has 0 spiro atoms. The van der Waals surface area contributed by atoms with E-state index in [1.165, 1.54) is 24.1 Å². The van der Waals surface area contributed by atoms with Crippen molar-refractivity contribution in [1.29, 1.82) is 0 Å². The van der Waals surface area contributed by atoms with E-state index in [4.69, 9.17) is 9.72 Å². The maximum atomic E-state index is 13.1. The molecule has 0 radical (unpaired) electrons. The van der Waals surface area contributed by atoms with Crippen LogP contribution in [0.25, 0.3) is 10.6 Å². The highest BCUT2D eigenvalue weighted by molar-refractivity contribution is 7.13. The molecule has 1 fully saturated rings. The largest absolute Gasteiger partial charge is 0.497 e. The maximum absolute atomic E-state index is 13.1. The molecule has 1 unspecified atom stereocenters. The molecule has 1 aromatic heterocycles. The fraction of sp³-hybridized carbons (Fsp3) is 0.286. The van der Waals surface area contributed by atoms with E-state index in [9.17, 15) is 4.39 Å². The third-order valence-corrected chi connectivity index (χ3v) is 5.79. The zero-order valence-corrected chi connectivity index (χ0v) is 15.5. The van der Waals surface area contributed by atoms with Gasteiger partial charge in [-0.2, -0.15) is 0 Å². The first-order chi connectivity index (χ1) is 12.7. The number of halogens is 1. The van der Waals surface area contributed by atoms with Gasteiger partial charge in [-0.3, -0.25) is 4.90 Å². The van der Waals surface area contributed by atoms with E-state index in [1.54, 1.807) is 30.6 Å². The molecule has 3 aromatic rings. The number of rotatable bonds is 5. The standard InChI is InChI=1S/C21H21FN2OS/c1-25-19-5-2-4-16(12-19)20-6-3-11-24(20)13-18-14-26-21(23-18)15-7-9-17(22)10-8-15/h2,4-5,7-10,12,14,20H,3,6,11,13H2,1H3. The van der Waals surface area contributed by atoms with E-state index >= 15 is 0 Å². The zero-order chi connectivity index (χ0) is 17.9. The lowest BCUT2D eigenvalue weighted by Gasteiger charge is -2.24. The molecule has 1 saturated heterocycles. The number of hydrogen-bond acceptors (Lipinski definition) is 4. The highest BCUT2D eigenvalue weighted by Crippen LogP contribution is 2.35. The minimum absolute atomic E-state index is 0.219. The molecule has 0 bridgehead atoms. The Morgan fingerprint density at radius 1 is 1.23 bits per heavy atom. The summed E-state index contributed by atoms with van der Waals surface area (Å²) in [5.74, 6) is 0.685. The van der Waals surface area contributed by atoms with Crippen LogP contribution in [0.2, 0.25) is 0 Å². The Labute approximate surface area is 157 Å². The summed E-state index contributed by atoms with van der Waals surface area (Å²) in [6.07, 6.45) is 2.35. The molecule has 3 nitrogen and oxygen atoms in total. The fourth-order valence-corrected chi connectivity index (χ4v) is 4.37. The normalized spacial score (nSPS) is 17.5. The molecule has 0 amide bonds. The van der Waals surface area contributed by atoms with Crippen molar-refractivity contribution >= 4 is 11.3 Å². The fourth-order valence-electron chi connectivity index (χ4n) is 3.55. The molecule has 0 saturated carbocycles. The molecule has 1 aliphatic rings. The smallest absolute Gasteiger partial charge is 0.123 e. The summed E-state index contributed by atoms with van der Waals surface area (Å²) < 4.78 is 18.5. The third-order valence-electron chi connectivity index (χ3n) is 4.85. The number of ether oxygens (including phenoxy) is 1. The van der Waals surface area contributed by atoms with E-state index in [-0.39, 0.29) is 5.82 Å². The van der Waals surface area contributed by atoms with Crippen molar-refractivity contribution in [3.8, 4) is 16.3 Å². The number of aromatic nitrogens is 1. The molecule has 2 heterocycles. The van der Waals surface area contributed by atoms with Crippen LogP contribution in [-0.4, -0.2) is 23.5 Å². The third kappa shape index (κ3) is 3.64. The molecule has 1 atom stereocenters. The van der Waals surface area contributed by atoms with Gasteiger partial charge in [0.2, 0.25) is 0 Å². The van der Waals surface area contributed by atoms with Crippen LogP contribution < -0.4 is 4.74 Å². The Morgan fingerprint density at radius 2 is 2.08 bits per heavy atom. The van der Waals surface area contributed by atoms with Gasteiger partial charge >= 0.3 is 0 Å². The van der Waals surface area contributed by atoms with Crippen LogP contribution in [0.3, 0.4) is 0 Å². The van der Waals surface area contributed by atoms with Crippen LogP contribution in [-0.2, 0) is 6.54 Å². The van der Waals surface area contributed by atoms with Gasteiger partial charge in [0.25, 0.3) is 0 Å². The topological polar surface area (TPSA) is 25.4 Å². The van der Waals surface area contributed by atoms with Crippen molar-refractivity contribution in [2.75, 3.05) is 13.7 Å². The van der Waals surface area contributed by atoms with Crippen LogP contribution in [0.5, 0.6) is 5.75 Å². The summed E-state index contributed by atoms with van der Waals surface area (Å²) in [6.45, 7) is 1.91. The average molecular weight is 368 g/mol. The molecule has 26 heavy (non-hydrogen) atoms. The first-order valence-electron chi connectivity index (χ1n) is 8.81. The predicted molar refractivity (Wildman–Crippen MR) is 103 cm³/mol. The highest BCUT2D eigenvalue weighted by Gasteiger charge is 2.26. The monoisotopic (exact) mass is 368 g/mol. The van der Waals surface area contributed by atoms with Gasteiger partial charge in [-0.25, -0.2) is 9.37 Å². The maximum Gasteiger partial charge on any atom is 0.123 e. The van der Waals surface area contributed by atoms with Gasteiger partial charge in [-0.15, -0.1) is 11.3 Å². The molecule has 0 aliphatic carbocycles.